The van der Waals surface area contributed by atoms with Gasteiger partial charge in [0.2, 0.25) is 5.91 Å². The summed E-state index contributed by atoms with van der Waals surface area (Å²) in [5, 5.41) is 12.2. The molecule has 1 aliphatic rings. The third-order valence-corrected chi connectivity index (χ3v) is 5.22. The number of thiazole rings is 1. The van der Waals surface area contributed by atoms with Crippen LogP contribution < -0.4 is 5.32 Å². The minimum atomic E-state index is -0.846. The van der Waals surface area contributed by atoms with Crippen molar-refractivity contribution in [3.63, 3.8) is 0 Å². The summed E-state index contributed by atoms with van der Waals surface area (Å²) in [6, 6.07) is 5.04. The fourth-order valence-electron chi connectivity index (χ4n) is 2.97. The van der Waals surface area contributed by atoms with E-state index in [4.69, 9.17) is 9.84 Å². The van der Waals surface area contributed by atoms with Gasteiger partial charge in [-0.15, -0.1) is 0 Å². The molecule has 1 heterocycles. The first-order chi connectivity index (χ1) is 12.0. The van der Waals surface area contributed by atoms with E-state index < -0.39 is 17.9 Å². The Labute approximate surface area is 148 Å². The van der Waals surface area contributed by atoms with Gasteiger partial charge in [0.25, 0.3) is 0 Å². The Balaban J connectivity index is 1.71. The molecular weight excluding hydrogens is 344 g/mol. The quantitative estimate of drug-likeness (QED) is 0.792. The first kappa shape index (κ1) is 17.3. The molecule has 2 N–H and O–H groups in total. The fourth-order valence-corrected chi connectivity index (χ4v) is 3.88. The molecule has 25 heavy (non-hydrogen) atoms. The molecule has 1 saturated carbocycles. The highest BCUT2D eigenvalue weighted by molar-refractivity contribution is 7.22. The molecule has 1 aliphatic carbocycles. The maximum Gasteiger partial charge on any atom is 0.338 e. The van der Waals surface area contributed by atoms with Crippen molar-refractivity contribution in [2.45, 2.75) is 26.2 Å². The third kappa shape index (κ3) is 3.79. The smallest absolute Gasteiger partial charge is 0.338 e. The summed E-state index contributed by atoms with van der Waals surface area (Å²) in [7, 11) is 0. The summed E-state index contributed by atoms with van der Waals surface area (Å²) in [5.74, 6) is -2.19. The zero-order valence-corrected chi connectivity index (χ0v) is 14.5. The largest absolute Gasteiger partial charge is 0.481 e. The van der Waals surface area contributed by atoms with Crippen LogP contribution in [0.1, 0.15) is 36.5 Å². The van der Waals surface area contributed by atoms with Gasteiger partial charge < -0.3 is 15.2 Å². The molecule has 3 rings (SSSR count). The number of esters is 1. The van der Waals surface area contributed by atoms with Crippen LogP contribution in [0, 0.1) is 11.8 Å². The van der Waals surface area contributed by atoms with Crippen molar-refractivity contribution < 1.29 is 24.2 Å². The van der Waals surface area contributed by atoms with Crippen LogP contribution in [-0.4, -0.2) is 34.5 Å². The number of fused-ring (bicyclic) bond motifs is 1. The number of amides is 1. The first-order valence-electron chi connectivity index (χ1n) is 8.09. The second kappa shape index (κ2) is 7.18. The highest BCUT2D eigenvalue weighted by Gasteiger charge is 2.34. The lowest BCUT2D eigenvalue weighted by Crippen LogP contribution is -2.21. The molecule has 0 spiro atoms. The zero-order valence-electron chi connectivity index (χ0n) is 13.7. The van der Waals surface area contributed by atoms with E-state index in [1.807, 2.05) is 0 Å². The summed E-state index contributed by atoms with van der Waals surface area (Å²) in [6.45, 7) is 2.05. The fraction of sp³-hybridized carbons (Fsp3) is 0.412. The van der Waals surface area contributed by atoms with Gasteiger partial charge in [-0.05, 0) is 44.4 Å². The van der Waals surface area contributed by atoms with E-state index >= 15 is 0 Å². The van der Waals surface area contributed by atoms with Crippen molar-refractivity contribution >= 4 is 44.5 Å². The predicted octanol–water partition coefficient (Wildman–Crippen LogP) is 2.91. The van der Waals surface area contributed by atoms with E-state index in [0.717, 1.165) is 4.70 Å². The Morgan fingerprint density at radius 1 is 1.32 bits per heavy atom. The number of rotatable bonds is 5. The normalized spacial score (nSPS) is 19.7. The van der Waals surface area contributed by atoms with Crippen molar-refractivity contribution in [2.75, 3.05) is 11.9 Å². The molecular formula is C17H18N2O5S. The molecule has 0 aliphatic heterocycles. The van der Waals surface area contributed by atoms with Crippen molar-refractivity contribution in [2.24, 2.45) is 11.8 Å². The lowest BCUT2D eigenvalue weighted by molar-refractivity contribution is -0.141. The number of carbonyl (C=O) groups excluding carboxylic acids is 2. The Hall–Kier alpha value is -2.48. The molecule has 0 radical (unpaired) electrons. The standard InChI is InChI=1S/C17H18N2O5S/c1-2-24-16(23)11-5-6-12-13(8-11)25-17(18-12)19-14(20)9-3-4-10(7-9)15(21)22/h5-6,8-10H,2-4,7H2,1H3,(H,21,22)(H,18,19,20). The van der Waals surface area contributed by atoms with Gasteiger partial charge in [0.15, 0.2) is 5.13 Å². The van der Waals surface area contributed by atoms with E-state index in [-0.39, 0.29) is 11.8 Å². The number of carboxylic acids is 1. The van der Waals surface area contributed by atoms with Gasteiger partial charge in [0.05, 0.1) is 28.3 Å². The third-order valence-electron chi connectivity index (χ3n) is 4.28. The number of hydrogen-bond acceptors (Lipinski definition) is 6. The van der Waals surface area contributed by atoms with Crippen molar-refractivity contribution in [3.8, 4) is 0 Å². The molecule has 1 amide bonds. The SMILES string of the molecule is CCOC(=O)c1ccc2nc(NC(=O)C3CCC(C(=O)O)C3)sc2c1. The second-order valence-corrected chi connectivity index (χ2v) is 6.99. The number of nitrogens with one attached hydrogen (secondary N) is 1. The molecule has 8 heteroatoms. The van der Waals surface area contributed by atoms with Crippen molar-refractivity contribution in [3.05, 3.63) is 23.8 Å². The Kier molecular flexibility index (Phi) is 4.98. The molecule has 132 valence electrons. The average Bonchev–Trinajstić information content (AvgIpc) is 3.20. The molecule has 1 aromatic carbocycles. The summed E-state index contributed by atoms with van der Waals surface area (Å²) in [6.07, 6.45) is 1.45. The molecule has 2 unspecified atom stereocenters. The topological polar surface area (TPSA) is 106 Å². The van der Waals surface area contributed by atoms with Gasteiger partial charge in [-0.1, -0.05) is 11.3 Å². The van der Waals surface area contributed by atoms with E-state index in [1.54, 1.807) is 25.1 Å². The number of aliphatic carboxylic acids is 1. The average molecular weight is 362 g/mol. The van der Waals surface area contributed by atoms with Crippen LogP contribution in [0.5, 0.6) is 0 Å². The van der Waals surface area contributed by atoms with Crippen LogP contribution in [-0.2, 0) is 14.3 Å². The van der Waals surface area contributed by atoms with Gasteiger partial charge in [-0.25, -0.2) is 9.78 Å². The number of aromatic nitrogens is 1. The van der Waals surface area contributed by atoms with Gasteiger partial charge in [0, 0.05) is 5.92 Å². The molecule has 1 aromatic heterocycles. The summed E-state index contributed by atoms with van der Waals surface area (Å²) >= 11 is 1.27. The van der Waals surface area contributed by atoms with Crippen molar-refractivity contribution in [1.29, 1.82) is 0 Å². The highest BCUT2D eigenvalue weighted by Crippen LogP contribution is 2.33. The number of ether oxygens (including phenoxy) is 1. The Morgan fingerprint density at radius 3 is 2.76 bits per heavy atom. The zero-order chi connectivity index (χ0) is 18.0. The predicted molar refractivity (Wildman–Crippen MR) is 92.7 cm³/mol. The maximum absolute atomic E-state index is 12.3. The van der Waals surface area contributed by atoms with Gasteiger partial charge >= 0.3 is 11.9 Å². The van der Waals surface area contributed by atoms with Gasteiger partial charge in [-0.3, -0.25) is 9.59 Å². The number of carbonyl (C=O) groups is 3. The lowest BCUT2D eigenvalue weighted by atomic mass is 10.0. The van der Waals surface area contributed by atoms with E-state index in [2.05, 4.69) is 10.3 Å². The number of anilines is 1. The highest BCUT2D eigenvalue weighted by atomic mass is 32.1. The number of benzene rings is 1. The van der Waals surface area contributed by atoms with Gasteiger partial charge in [-0.2, -0.15) is 0 Å². The van der Waals surface area contributed by atoms with Crippen molar-refractivity contribution in [1.82, 2.24) is 4.98 Å². The number of hydrogen-bond donors (Lipinski definition) is 2. The van der Waals surface area contributed by atoms with Crippen LogP contribution in [0.3, 0.4) is 0 Å². The second-order valence-electron chi connectivity index (χ2n) is 5.96. The maximum atomic E-state index is 12.3. The van der Waals surface area contributed by atoms with Crippen LogP contribution in [0.4, 0.5) is 5.13 Å². The van der Waals surface area contributed by atoms with E-state index in [1.165, 1.54) is 11.3 Å². The van der Waals surface area contributed by atoms with Crippen LogP contribution in [0.25, 0.3) is 10.2 Å². The van der Waals surface area contributed by atoms with Crippen LogP contribution in [0.15, 0.2) is 18.2 Å². The van der Waals surface area contributed by atoms with E-state index in [9.17, 15) is 14.4 Å². The monoisotopic (exact) mass is 362 g/mol. The molecule has 2 aromatic rings. The molecule has 1 fully saturated rings. The number of carboxylic acid groups (broad SMARTS) is 1. The number of nitrogens with zero attached hydrogens (tertiary/aromatic N) is 1. The Bertz CT molecular complexity index is 832. The first-order valence-corrected chi connectivity index (χ1v) is 8.91. The van der Waals surface area contributed by atoms with E-state index in [0.29, 0.717) is 42.1 Å². The van der Waals surface area contributed by atoms with Gasteiger partial charge in [0.1, 0.15) is 0 Å². The minimum absolute atomic E-state index is 0.201. The minimum Gasteiger partial charge on any atom is -0.481 e. The molecule has 0 bridgehead atoms. The molecule has 7 nitrogen and oxygen atoms in total. The summed E-state index contributed by atoms with van der Waals surface area (Å²) in [5.41, 5.74) is 1.12. The van der Waals surface area contributed by atoms with Crippen LogP contribution in [0.2, 0.25) is 0 Å². The summed E-state index contributed by atoms with van der Waals surface area (Å²) < 4.78 is 5.75. The molecule has 0 saturated heterocycles. The lowest BCUT2D eigenvalue weighted by Gasteiger charge is -2.08. The molecule has 2 atom stereocenters. The van der Waals surface area contributed by atoms with Crippen LogP contribution >= 0.6 is 11.3 Å². The Morgan fingerprint density at radius 2 is 2.08 bits per heavy atom. The summed E-state index contributed by atoms with van der Waals surface area (Å²) in [4.78, 5) is 39.4.